The molecule has 0 N–H and O–H groups in total. The van der Waals surface area contributed by atoms with Gasteiger partial charge in [0.05, 0.1) is 11.4 Å². The number of anilines is 1. The standard InChI is InChI=1S/C16H11BrClNO2/c1-19-13-6-5-9(7-10(13)8-14(19)20)16(21)11-3-2-4-12(17)15(11)18/h2-7H,8H2,1H3. The van der Waals surface area contributed by atoms with E-state index in [1.54, 1.807) is 48.3 Å². The topological polar surface area (TPSA) is 37.4 Å². The Hall–Kier alpha value is -1.65. The molecule has 1 heterocycles. The zero-order valence-corrected chi connectivity index (χ0v) is 13.5. The first-order valence-corrected chi connectivity index (χ1v) is 7.54. The molecule has 0 aromatic heterocycles. The number of hydrogen-bond donors (Lipinski definition) is 0. The Morgan fingerprint density at radius 3 is 2.81 bits per heavy atom. The highest BCUT2D eigenvalue weighted by atomic mass is 79.9. The number of rotatable bonds is 2. The second-order valence-corrected chi connectivity index (χ2v) is 6.14. The fourth-order valence-corrected chi connectivity index (χ4v) is 3.02. The van der Waals surface area contributed by atoms with Gasteiger partial charge in [-0.2, -0.15) is 0 Å². The summed E-state index contributed by atoms with van der Waals surface area (Å²) >= 11 is 9.49. The van der Waals surface area contributed by atoms with E-state index >= 15 is 0 Å². The molecule has 0 unspecified atom stereocenters. The van der Waals surface area contributed by atoms with Crippen molar-refractivity contribution in [2.24, 2.45) is 0 Å². The van der Waals surface area contributed by atoms with Gasteiger partial charge in [-0.1, -0.05) is 17.7 Å². The van der Waals surface area contributed by atoms with Crippen molar-refractivity contribution in [3.05, 3.63) is 62.6 Å². The van der Waals surface area contributed by atoms with E-state index in [2.05, 4.69) is 15.9 Å². The second-order valence-electron chi connectivity index (χ2n) is 4.90. The van der Waals surface area contributed by atoms with Crippen LogP contribution in [0.5, 0.6) is 0 Å². The number of ketones is 1. The normalized spacial score (nSPS) is 13.5. The SMILES string of the molecule is CN1C(=O)Cc2cc(C(=O)c3cccc(Br)c3Cl)ccc21. The zero-order chi connectivity index (χ0) is 15.1. The third-order valence-corrected chi connectivity index (χ3v) is 4.91. The van der Waals surface area contributed by atoms with Gasteiger partial charge in [-0.15, -0.1) is 0 Å². The Balaban J connectivity index is 2.02. The Bertz CT molecular complexity index is 773. The van der Waals surface area contributed by atoms with Crippen LogP contribution in [0, 0.1) is 0 Å². The van der Waals surface area contributed by atoms with E-state index in [-0.39, 0.29) is 11.7 Å². The summed E-state index contributed by atoms with van der Waals surface area (Å²) in [6.07, 6.45) is 0.333. The average Bonchev–Trinajstić information content (AvgIpc) is 2.76. The minimum Gasteiger partial charge on any atom is -0.315 e. The van der Waals surface area contributed by atoms with Crippen LogP contribution in [0.4, 0.5) is 5.69 Å². The summed E-state index contributed by atoms with van der Waals surface area (Å²) in [6, 6.07) is 10.6. The fourth-order valence-electron chi connectivity index (χ4n) is 2.45. The minimum atomic E-state index is -0.147. The van der Waals surface area contributed by atoms with Crippen LogP contribution in [0.3, 0.4) is 0 Å². The summed E-state index contributed by atoms with van der Waals surface area (Å²) < 4.78 is 0.686. The quantitative estimate of drug-likeness (QED) is 0.759. The number of halogens is 2. The first-order chi connectivity index (χ1) is 9.99. The van der Waals surface area contributed by atoms with Crippen molar-refractivity contribution < 1.29 is 9.59 Å². The van der Waals surface area contributed by atoms with E-state index in [9.17, 15) is 9.59 Å². The van der Waals surface area contributed by atoms with Crippen molar-refractivity contribution >= 4 is 44.9 Å². The van der Waals surface area contributed by atoms with Gasteiger partial charge in [0.2, 0.25) is 5.91 Å². The van der Waals surface area contributed by atoms with Gasteiger partial charge in [0, 0.05) is 28.3 Å². The van der Waals surface area contributed by atoms with Crippen molar-refractivity contribution in [2.75, 3.05) is 11.9 Å². The lowest BCUT2D eigenvalue weighted by Crippen LogP contribution is -2.20. The molecular weight excluding hydrogens is 354 g/mol. The predicted molar refractivity (Wildman–Crippen MR) is 86.1 cm³/mol. The molecule has 3 rings (SSSR count). The molecule has 0 aliphatic carbocycles. The van der Waals surface area contributed by atoms with Crippen LogP contribution in [-0.2, 0) is 11.2 Å². The van der Waals surface area contributed by atoms with Crippen LogP contribution in [0.15, 0.2) is 40.9 Å². The van der Waals surface area contributed by atoms with Crippen LogP contribution in [0.1, 0.15) is 21.5 Å². The fraction of sp³-hybridized carbons (Fsp3) is 0.125. The molecule has 21 heavy (non-hydrogen) atoms. The molecule has 0 saturated carbocycles. The summed E-state index contributed by atoms with van der Waals surface area (Å²) in [5.41, 5.74) is 2.72. The summed E-state index contributed by atoms with van der Waals surface area (Å²) in [6.45, 7) is 0. The monoisotopic (exact) mass is 363 g/mol. The number of nitrogens with zero attached hydrogens (tertiary/aromatic N) is 1. The summed E-state index contributed by atoms with van der Waals surface area (Å²) in [7, 11) is 1.74. The molecule has 1 amide bonds. The molecule has 1 aliphatic rings. The Kier molecular flexibility index (Phi) is 3.59. The molecule has 0 spiro atoms. The highest BCUT2D eigenvalue weighted by Gasteiger charge is 2.25. The molecule has 0 atom stereocenters. The van der Waals surface area contributed by atoms with Gasteiger partial charge < -0.3 is 4.90 Å². The molecule has 2 aromatic carbocycles. The molecule has 0 radical (unpaired) electrons. The van der Waals surface area contributed by atoms with Gasteiger partial charge in [0.1, 0.15) is 0 Å². The zero-order valence-electron chi connectivity index (χ0n) is 11.2. The molecule has 3 nitrogen and oxygen atoms in total. The van der Waals surface area contributed by atoms with Gasteiger partial charge in [-0.25, -0.2) is 0 Å². The van der Waals surface area contributed by atoms with Crippen molar-refractivity contribution in [1.82, 2.24) is 0 Å². The van der Waals surface area contributed by atoms with Gasteiger partial charge in [-0.3, -0.25) is 9.59 Å². The predicted octanol–water partition coefficient (Wildman–Crippen LogP) is 3.85. The maximum atomic E-state index is 12.6. The van der Waals surface area contributed by atoms with E-state index in [0.717, 1.165) is 11.3 Å². The van der Waals surface area contributed by atoms with Gasteiger partial charge in [0.15, 0.2) is 5.78 Å². The molecular formula is C16H11BrClNO2. The smallest absolute Gasteiger partial charge is 0.231 e. The number of likely N-dealkylation sites (N-methyl/N-ethyl adjacent to an activating group) is 1. The highest BCUT2D eigenvalue weighted by molar-refractivity contribution is 9.10. The van der Waals surface area contributed by atoms with Crippen molar-refractivity contribution in [3.63, 3.8) is 0 Å². The van der Waals surface area contributed by atoms with Gasteiger partial charge >= 0.3 is 0 Å². The number of carbonyl (C=O) groups excluding carboxylic acids is 2. The average molecular weight is 365 g/mol. The molecule has 2 aromatic rings. The van der Waals surface area contributed by atoms with E-state index in [1.165, 1.54) is 0 Å². The molecule has 0 bridgehead atoms. The third-order valence-electron chi connectivity index (χ3n) is 3.62. The molecule has 5 heteroatoms. The first kappa shape index (κ1) is 14.3. The molecule has 0 saturated heterocycles. The van der Waals surface area contributed by atoms with Gasteiger partial charge in [-0.05, 0) is 51.8 Å². The highest BCUT2D eigenvalue weighted by Crippen LogP contribution is 2.31. The van der Waals surface area contributed by atoms with E-state index in [1.807, 2.05) is 0 Å². The Morgan fingerprint density at radius 2 is 2.05 bits per heavy atom. The van der Waals surface area contributed by atoms with E-state index < -0.39 is 0 Å². The minimum absolute atomic E-state index is 0.0371. The lowest BCUT2D eigenvalue weighted by molar-refractivity contribution is -0.117. The first-order valence-electron chi connectivity index (χ1n) is 6.37. The largest absolute Gasteiger partial charge is 0.315 e. The van der Waals surface area contributed by atoms with Crippen LogP contribution in [0.2, 0.25) is 5.02 Å². The Labute approximate surface area is 135 Å². The Morgan fingerprint density at radius 1 is 1.29 bits per heavy atom. The van der Waals surface area contributed by atoms with E-state index in [0.29, 0.717) is 27.0 Å². The van der Waals surface area contributed by atoms with E-state index in [4.69, 9.17) is 11.6 Å². The summed E-state index contributed by atoms with van der Waals surface area (Å²) in [4.78, 5) is 25.9. The molecule has 106 valence electrons. The summed E-state index contributed by atoms with van der Waals surface area (Å²) in [5, 5.41) is 0.399. The maximum Gasteiger partial charge on any atom is 0.231 e. The van der Waals surface area contributed by atoms with Crippen LogP contribution >= 0.6 is 27.5 Å². The number of fused-ring (bicyclic) bond motifs is 1. The number of carbonyl (C=O) groups is 2. The third kappa shape index (κ3) is 2.39. The van der Waals surface area contributed by atoms with Crippen LogP contribution in [0.25, 0.3) is 0 Å². The van der Waals surface area contributed by atoms with Crippen molar-refractivity contribution in [3.8, 4) is 0 Å². The maximum absolute atomic E-state index is 12.6. The second kappa shape index (κ2) is 5.28. The lowest BCUT2D eigenvalue weighted by atomic mass is 10.00. The van der Waals surface area contributed by atoms with Gasteiger partial charge in [0.25, 0.3) is 0 Å². The lowest BCUT2D eigenvalue weighted by Gasteiger charge is -2.10. The van der Waals surface area contributed by atoms with Crippen LogP contribution < -0.4 is 4.90 Å². The molecule has 0 fully saturated rings. The summed E-state index contributed by atoms with van der Waals surface area (Å²) in [5.74, 6) is -0.110. The number of benzene rings is 2. The van der Waals surface area contributed by atoms with Crippen molar-refractivity contribution in [2.45, 2.75) is 6.42 Å². The van der Waals surface area contributed by atoms with Crippen molar-refractivity contribution in [1.29, 1.82) is 0 Å². The number of amides is 1. The molecule has 1 aliphatic heterocycles. The number of hydrogen-bond acceptors (Lipinski definition) is 2. The van der Waals surface area contributed by atoms with Crippen LogP contribution in [-0.4, -0.2) is 18.7 Å².